The Morgan fingerprint density at radius 1 is 1.69 bits per heavy atom. The third-order valence-corrected chi connectivity index (χ3v) is 2.51. The Bertz CT molecular complexity index is 370. The fourth-order valence-electron chi connectivity index (χ4n) is 0.775. The molecule has 1 aromatic rings. The summed E-state index contributed by atoms with van der Waals surface area (Å²) >= 11 is 0. The van der Waals surface area contributed by atoms with Gasteiger partial charge in [-0.25, -0.2) is 13.1 Å². The number of nitrogen functional groups attached to an aromatic ring is 1. The maximum atomic E-state index is 10.9. The van der Waals surface area contributed by atoms with Crippen LogP contribution in [0.4, 0.5) is 5.82 Å². The minimum Gasteiger partial charge on any atom is -0.382 e. The van der Waals surface area contributed by atoms with E-state index in [0.29, 0.717) is 5.82 Å². The molecule has 0 atom stereocenters. The van der Waals surface area contributed by atoms with Crippen molar-refractivity contribution in [2.45, 2.75) is 6.54 Å². The Morgan fingerprint density at radius 3 is 2.85 bits per heavy atom. The van der Waals surface area contributed by atoms with Crippen molar-refractivity contribution in [1.82, 2.24) is 14.5 Å². The van der Waals surface area contributed by atoms with Gasteiger partial charge in [-0.05, 0) is 6.07 Å². The lowest BCUT2D eigenvalue weighted by molar-refractivity contribution is 0.575. The number of hydrogen-bond donors (Lipinski definition) is 2. The summed E-state index contributed by atoms with van der Waals surface area (Å²) in [4.78, 5) is 0. The Kier molecular flexibility index (Phi) is 2.89. The van der Waals surface area contributed by atoms with Gasteiger partial charge in [0, 0.05) is 6.20 Å². The molecule has 3 N–H and O–H groups in total. The standard InChI is InChI=1S/C6H10N4O2S/c1-8-13(11,12)5-4-10-3-2-6(7)9-10/h1-3,8H,4-5H2,(H2,7,9). The van der Waals surface area contributed by atoms with Crippen LogP contribution in [0.3, 0.4) is 0 Å². The summed E-state index contributed by atoms with van der Waals surface area (Å²) in [6, 6.07) is 1.59. The minimum atomic E-state index is -3.38. The van der Waals surface area contributed by atoms with Crippen molar-refractivity contribution in [2.24, 2.45) is 0 Å². The summed E-state index contributed by atoms with van der Waals surface area (Å²) in [7, 11) is 1.40. The van der Waals surface area contributed by atoms with Crippen molar-refractivity contribution < 1.29 is 8.42 Å². The molecule has 0 saturated carbocycles. The van der Waals surface area contributed by atoms with Crippen LogP contribution in [0.15, 0.2) is 12.3 Å². The molecule has 13 heavy (non-hydrogen) atoms. The second-order valence-corrected chi connectivity index (χ2v) is 4.31. The molecule has 0 spiro atoms. The highest BCUT2D eigenvalue weighted by Gasteiger charge is 2.06. The zero-order valence-electron chi connectivity index (χ0n) is 6.84. The first-order chi connectivity index (χ1) is 6.03. The highest BCUT2D eigenvalue weighted by Crippen LogP contribution is 1.96. The average molecular weight is 202 g/mol. The van der Waals surface area contributed by atoms with E-state index in [1.165, 1.54) is 4.68 Å². The Labute approximate surface area is 76.8 Å². The van der Waals surface area contributed by atoms with Crippen LogP contribution < -0.4 is 10.5 Å². The molecule has 7 heteroatoms. The monoisotopic (exact) mass is 202 g/mol. The van der Waals surface area contributed by atoms with Crippen LogP contribution >= 0.6 is 0 Å². The molecule has 0 aliphatic rings. The number of aryl methyl sites for hydroxylation is 1. The van der Waals surface area contributed by atoms with Crippen molar-refractivity contribution in [3.05, 3.63) is 19.3 Å². The molecule has 1 aromatic heterocycles. The summed E-state index contributed by atoms with van der Waals surface area (Å²) in [6.45, 7) is 0.226. The van der Waals surface area contributed by atoms with E-state index in [1.807, 2.05) is 0 Å². The van der Waals surface area contributed by atoms with Gasteiger partial charge in [0.1, 0.15) is 5.82 Å². The first-order valence-corrected chi connectivity index (χ1v) is 5.18. The summed E-state index contributed by atoms with van der Waals surface area (Å²) in [6.07, 6.45) is 1.60. The van der Waals surface area contributed by atoms with E-state index in [1.54, 1.807) is 17.0 Å². The first-order valence-electron chi connectivity index (χ1n) is 3.52. The third-order valence-electron chi connectivity index (χ3n) is 1.43. The Morgan fingerprint density at radius 2 is 2.38 bits per heavy atom. The molecule has 1 heterocycles. The molecule has 0 bridgehead atoms. The van der Waals surface area contributed by atoms with Gasteiger partial charge in [-0.15, -0.1) is 0 Å². The van der Waals surface area contributed by atoms with Gasteiger partial charge >= 0.3 is 0 Å². The molecule has 0 amide bonds. The van der Waals surface area contributed by atoms with E-state index in [2.05, 4.69) is 5.10 Å². The van der Waals surface area contributed by atoms with Crippen molar-refractivity contribution in [3.8, 4) is 0 Å². The predicted octanol–water partition coefficient (Wildman–Crippen LogP) is -0.947. The molecule has 1 rings (SSSR count). The van der Waals surface area contributed by atoms with Crippen molar-refractivity contribution in [3.63, 3.8) is 0 Å². The number of rotatable bonds is 4. The molecule has 0 aromatic carbocycles. The summed E-state index contributed by atoms with van der Waals surface area (Å²) in [5.74, 6) is 0.239. The average Bonchev–Trinajstić information content (AvgIpc) is 2.48. The largest absolute Gasteiger partial charge is 0.382 e. The number of nitrogens with one attached hydrogen (secondary N) is 1. The molecule has 2 radical (unpaired) electrons. The van der Waals surface area contributed by atoms with Crippen LogP contribution in [0.2, 0.25) is 0 Å². The summed E-state index contributed by atoms with van der Waals surface area (Å²) in [5.41, 5.74) is 5.33. The van der Waals surface area contributed by atoms with Crippen molar-refractivity contribution in [1.29, 1.82) is 0 Å². The highest BCUT2D eigenvalue weighted by atomic mass is 32.2. The zero-order valence-corrected chi connectivity index (χ0v) is 7.66. The van der Waals surface area contributed by atoms with Crippen molar-refractivity contribution in [2.75, 3.05) is 11.5 Å². The van der Waals surface area contributed by atoms with Gasteiger partial charge < -0.3 is 5.73 Å². The number of hydrogen-bond acceptors (Lipinski definition) is 4. The normalized spacial score (nSPS) is 11.8. The SMILES string of the molecule is [CH]NS(=O)(=O)CCn1ccc(N)n1. The van der Waals surface area contributed by atoms with Gasteiger partial charge in [0.05, 0.1) is 19.3 Å². The molecule has 0 saturated heterocycles. The second kappa shape index (κ2) is 3.75. The van der Waals surface area contributed by atoms with Crippen LogP contribution in [0.25, 0.3) is 0 Å². The number of nitrogens with two attached hydrogens (primary N) is 1. The molecule has 6 nitrogen and oxygen atoms in total. The zero-order chi connectivity index (χ0) is 9.90. The number of sulfonamides is 1. The van der Waals surface area contributed by atoms with Crippen LogP contribution in [0.1, 0.15) is 0 Å². The summed E-state index contributed by atoms with van der Waals surface area (Å²) < 4.78 is 24.9. The van der Waals surface area contributed by atoms with E-state index in [4.69, 9.17) is 12.8 Å². The van der Waals surface area contributed by atoms with Gasteiger partial charge in [-0.1, -0.05) is 0 Å². The molecule has 0 unspecified atom stereocenters. The van der Waals surface area contributed by atoms with Gasteiger partial charge in [0.25, 0.3) is 0 Å². The number of anilines is 1. The van der Waals surface area contributed by atoms with Crippen molar-refractivity contribution >= 4 is 15.8 Å². The highest BCUT2D eigenvalue weighted by molar-refractivity contribution is 7.89. The first kappa shape index (κ1) is 10.0. The van der Waals surface area contributed by atoms with Gasteiger partial charge in [-0.3, -0.25) is 4.68 Å². The van der Waals surface area contributed by atoms with Crippen LogP contribution in [-0.2, 0) is 16.6 Å². The lowest BCUT2D eigenvalue weighted by Gasteiger charge is -2.01. The van der Waals surface area contributed by atoms with E-state index < -0.39 is 10.0 Å². The molecular formula is C6H10N4O2S. The Balaban J connectivity index is 2.53. The topological polar surface area (TPSA) is 90.0 Å². The van der Waals surface area contributed by atoms with Crippen LogP contribution in [0, 0.1) is 7.05 Å². The molecular weight excluding hydrogens is 192 g/mol. The molecule has 0 aliphatic heterocycles. The van der Waals surface area contributed by atoms with Gasteiger partial charge in [0.2, 0.25) is 10.0 Å². The van der Waals surface area contributed by atoms with E-state index in [9.17, 15) is 8.42 Å². The van der Waals surface area contributed by atoms with E-state index in [0.717, 1.165) is 0 Å². The van der Waals surface area contributed by atoms with E-state index >= 15 is 0 Å². The molecule has 0 aliphatic carbocycles. The number of aromatic nitrogens is 2. The lowest BCUT2D eigenvalue weighted by atomic mass is 10.7. The Hall–Kier alpha value is -1.08. The van der Waals surface area contributed by atoms with Gasteiger partial charge in [0.15, 0.2) is 0 Å². The second-order valence-electron chi connectivity index (χ2n) is 2.44. The number of nitrogens with zero attached hydrogens (tertiary/aromatic N) is 2. The third kappa shape index (κ3) is 3.03. The predicted molar refractivity (Wildman–Crippen MR) is 47.9 cm³/mol. The van der Waals surface area contributed by atoms with Crippen LogP contribution in [0.5, 0.6) is 0 Å². The van der Waals surface area contributed by atoms with E-state index in [-0.39, 0.29) is 12.3 Å². The quantitative estimate of drug-likeness (QED) is 0.616. The fourth-order valence-corrected chi connectivity index (χ4v) is 1.32. The van der Waals surface area contributed by atoms with Gasteiger partial charge in [-0.2, -0.15) is 5.10 Å². The molecule has 72 valence electrons. The molecule has 0 fully saturated rings. The summed E-state index contributed by atoms with van der Waals surface area (Å²) in [5, 5.41) is 3.81. The fraction of sp³-hybridized carbons (Fsp3) is 0.333. The van der Waals surface area contributed by atoms with Crippen LogP contribution in [-0.4, -0.2) is 24.0 Å². The maximum absolute atomic E-state index is 10.9. The lowest BCUT2D eigenvalue weighted by Crippen LogP contribution is -2.23. The smallest absolute Gasteiger partial charge is 0.213 e. The minimum absolute atomic E-state index is 0.120. The maximum Gasteiger partial charge on any atom is 0.213 e.